The molecule has 0 aromatic heterocycles. The van der Waals surface area contributed by atoms with Crippen LogP contribution in [0.2, 0.25) is 0 Å². The van der Waals surface area contributed by atoms with Crippen LogP contribution in [0.5, 0.6) is 0 Å². The molecule has 2 saturated heterocycles. The number of amides is 2. The summed E-state index contributed by atoms with van der Waals surface area (Å²) in [5.74, 6) is 0.0400. The number of nitrogens with one attached hydrogen (secondary N) is 2. The van der Waals surface area contributed by atoms with Gasteiger partial charge in [-0.1, -0.05) is 17.2 Å². The summed E-state index contributed by atoms with van der Waals surface area (Å²) in [5.41, 5.74) is 2.92. The van der Waals surface area contributed by atoms with E-state index >= 15 is 0 Å². The molecule has 150 valence electrons. The Hall–Kier alpha value is -1.59. The van der Waals surface area contributed by atoms with Crippen LogP contribution in [-0.4, -0.2) is 48.4 Å². The van der Waals surface area contributed by atoms with Crippen molar-refractivity contribution >= 4 is 24.2 Å². The molecule has 2 aliphatic heterocycles. The van der Waals surface area contributed by atoms with Gasteiger partial charge in [-0.25, -0.2) is 0 Å². The monoisotopic (exact) mass is 393 g/mol. The highest BCUT2D eigenvalue weighted by Gasteiger charge is 2.31. The maximum Gasteiger partial charge on any atom is 0.253 e. The first-order chi connectivity index (χ1) is 12.4. The number of hydrogen-bond donors (Lipinski definition) is 2. The van der Waals surface area contributed by atoms with Crippen molar-refractivity contribution in [3.63, 3.8) is 0 Å². The van der Waals surface area contributed by atoms with Crippen molar-refractivity contribution < 1.29 is 9.59 Å². The molecule has 3 rings (SSSR count). The molecule has 0 aliphatic carbocycles. The van der Waals surface area contributed by atoms with Crippen LogP contribution in [0.4, 0.5) is 0 Å². The summed E-state index contributed by atoms with van der Waals surface area (Å²) in [5, 5.41) is 6.64. The number of aryl methyl sites for hydroxylation is 2. The zero-order valence-corrected chi connectivity index (χ0v) is 17.4. The van der Waals surface area contributed by atoms with Crippen LogP contribution in [0.3, 0.4) is 0 Å². The normalized spacial score (nSPS) is 25.4. The minimum atomic E-state index is -0.104. The van der Waals surface area contributed by atoms with Gasteiger partial charge in [0.2, 0.25) is 5.91 Å². The Morgan fingerprint density at radius 3 is 2.48 bits per heavy atom. The zero-order chi connectivity index (χ0) is 18.7. The lowest BCUT2D eigenvalue weighted by atomic mass is 9.94. The predicted octanol–water partition coefficient (Wildman–Crippen LogP) is 2.83. The van der Waals surface area contributed by atoms with Crippen molar-refractivity contribution in [2.75, 3.05) is 19.6 Å². The number of carbonyl (C=O) groups excluding carboxylic acids is 2. The smallest absolute Gasteiger partial charge is 0.253 e. The molecular formula is C21H32ClN3O2. The van der Waals surface area contributed by atoms with Gasteiger partial charge in [0.1, 0.15) is 0 Å². The number of piperidine rings is 2. The van der Waals surface area contributed by atoms with Crippen molar-refractivity contribution in [1.29, 1.82) is 0 Å². The molecule has 5 nitrogen and oxygen atoms in total. The Morgan fingerprint density at radius 1 is 1.11 bits per heavy atom. The quantitative estimate of drug-likeness (QED) is 0.830. The topological polar surface area (TPSA) is 61.4 Å². The van der Waals surface area contributed by atoms with Crippen LogP contribution in [0, 0.1) is 19.8 Å². The number of nitrogens with zero attached hydrogens (tertiary/aromatic N) is 1. The van der Waals surface area contributed by atoms with E-state index in [9.17, 15) is 9.59 Å². The van der Waals surface area contributed by atoms with Crippen molar-refractivity contribution in [3.05, 3.63) is 34.9 Å². The van der Waals surface area contributed by atoms with E-state index < -0.39 is 0 Å². The highest BCUT2D eigenvalue weighted by atomic mass is 35.5. The molecule has 27 heavy (non-hydrogen) atoms. The molecule has 0 bridgehead atoms. The first kappa shape index (κ1) is 21.7. The van der Waals surface area contributed by atoms with Gasteiger partial charge in [0.05, 0.1) is 5.92 Å². The van der Waals surface area contributed by atoms with Crippen molar-refractivity contribution in [2.24, 2.45) is 5.92 Å². The van der Waals surface area contributed by atoms with E-state index in [0.29, 0.717) is 12.6 Å². The number of halogens is 1. The summed E-state index contributed by atoms with van der Waals surface area (Å²) >= 11 is 0. The SMILES string of the molecule is Cc1cc(C)cc(C(=O)N2CCCC(C(=O)NC3CCCNC3C)C2)c1.Cl. The second-order valence-corrected chi connectivity index (χ2v) is 7.97. The highest BCUT2D eigenvalue weighted by Crippen LogP contribution is 2.21. The fourth-order valence-electron chi connectivity index (χ4n) is 4.20. The lowest BCUT2D eigenvalue weighted by molar-refractivity contribution is -0.127. The number of hydrogen-bond acceptors (Lipinski definition) is 3. The first-order valence-electron chi connectivity index (χ1n) is 9.85. The third kappa shape index (κ3) is 5.45. The fourth-order valence-corrected chi connectivity index (χ4v) is 4.20. The number of rotatable bonds is 3. The van der Waals surface area contributed by atoms with Gasteiger partial charge in [0, 0.05) is 30.7 Å². The molecule has 0 saturated carbocycles. The molecule has 2 aliphatic rings. The third-order valence-corrected chi connectivity index (χ3v) is 5.64. The van der Waals surface area contributed by atoms with Gasteiger partial charge in [-0.2, -0.15) is 0 Å². The number of likely N-dealkylation sites (tertiary alicyclic amines) is 1. The molecule has 2 amide bonds. The van der Waals surface area contributed by atoms with Gasteiger partial charge in [0.15, 0.2) is 0 Å². The van der Waals surface area contributed by atoms with Gasteiger partial charge in [0.25, 0.3) is 5.91 Å². The van der Waals surface area contributed by atoms with Gasteiger partial charge >= 0.3 is 0 Å². The van der Waals surface area contributed by atoms with Gasteiger partial charge < -0.3 is 15.5 Å². The summed E-state index contributed by atoms with van der Waals surface area (Å²) < 4.78 is 0. The molecule has 0 spiro atoms. The lowest BCUT2D eigenvalue weighted by Crippen LogP contribution is -2.54. The number of carbonyl (C=O) groups is 2. The van der Waals surface area contributed by atoms with Crippen molar-refractivity contribution in [1.82, 2.24) is 15.5 Å². The van der Waals surface area contributed by atoms with Crippen molar-refractivity contribution in [2.45, 2.75) is 58.5 Å². The molecule has 3 unspecified atom stereocenters. The van der Waals surface area contributed by atoms with Crippen molar-refractivity contribution in [3.8, 4) is 0 Å². The summed E-state index contributed by atoms with van der Waals surface area (Å²) in [6.07, 6.45) is 3.86. The molecule has 2 heterocycles. The molecule has 1 aromatic rings. The average Bonchev–Trinajstić information content (AvgIpc) is 2.62. The summed E-state index contributed by atoms with van der Waals surface area (Å²) in [4.78, 5) is 27.5. The molecule has 2 fully saturated rings. The summed E-state index contributed by atoms with van der Waals surface area (Å²) in [6, 6.07) is 6.46. The Kier molecular flexibility index (Phi) is 7.68. The van der Waals surface area contributed by atoms with E-state index in [2.05, 4.69) is 23.6 Å². The summed E-state index contributed by atoms with van der Waals surface area (Å²) in [7, 11) is 0. The van der Waals surface area contributed by atoms with Crippen LogP contribution in [0.25, 0.3) is 0 Å². The molecule has 0 radical (unpaired) electrons. The van der Waals surface area contributed by atoms with Crippen LogP contribution < -0.4 is 10.6 Å². The predicted molar refractivity (Wildman–Crippen MR) is 110 cm³/mol. The van der Waals surface area contributed by atoms with Gasteiger partial charge in [-0.15, -0.1) is 12.4 Å². The van der Waals surface area contributed by atoms with Crippen LogP contribution in [0.1, 0.15) is 54.1 Å². The van der Waals surface area contributed by atoms with E-state index in [0.717, 1.165) is 55.5 Å². The standard InChI is InChI=1S/C21H31N3O2.ClH/c1-14-10-15(2)12-18(11-14)21(26)24-9-5-6-17(13-24)20(25)23-19-7-4-8-22-16(19)3;/h10-12,16-17,19,22H,4-9,13H2,1-3H3,(H,23,25);1H. The van der Waals surface area contributed by atoms with Gasteiger partial charge in [-0.3, -0.25) is 9.59 Å². The maximum atomic E-state index is 12.9. The second kappa shape index (κ2) is 9.56. The van der Waals surface area contributed by atoms with E-state index in [1.807, 2.05) is 30.9 Å². The van der Waals surface area contributed by atoms with E-state index in [1.165, 1.54) is 0 Å². The van der Waals surface area contributed by atoms with Crippen LogP contribution >= 0.6 is 12.4 Å². The minimum Gasteiger partial charge on any atom is -0.352 e. The fraction of sp³-hybridized carbons (Fsp3) is 0.619. The van der Waals surface area contributed by atoms with Crippen LogP contribution in [-0.2, 0) is 4.79 Å². The largest absolute Gasteiger partial charge is 0.352 e. The molecule has 3 atom stereocenters. The Labute approximate surface area is 168 Å². The Bertz CT molecular complexity index is 659. The molecule has 2 N–H and O–H groups in total. The lowest BCUT2D eigenvalue weighted by Gasteiger charge is -2.35. The molecule has 1 aromatic carbocycles. The minimum absolute atomic E-state index is 0. The molecular weight excluding hydrogens is 362 g/mol. The Balaban J connectivity index is 0.00000261. The maximum absolute atomic E-state index is 12.9. The summed E-state index contributed by atoms with van der Waals surface area (Å²) in [6.45, 7) is 8.42. The first-order valence-corrected chi connectivity index (χ1v) is 9.85. The second-order valence-electron chi connectivity index (χ2n) is 7.97. The zero-order valence-electron chi connectivity index (χ0n) is 16.6. The van der Waals surface area contributed by atoms with Crippen LogP contribution in [0.15, 0.2) is 18.2 Å². The van der Waals surface area contributed by atoms with Gasteiger partial charge in [-0.05, 0) is 65.1 Å². The van der Waals surface area contributed by atoms with E-state index in [1.54, 1.807) is 0 Å². The average molecular weight is 394 g/mol. The Morgan fingerprint density at radius 2 is 1.81 bits per heavy atom. The van der Waals surface area contributed by atoms with E-state index in [-0.39, 0.29) is 36.2 Å². The third-order valence-electron chi connectivity index (χ3n) is 5.64. The van der Waals surface area contributed by atoms with E-state index in [4.69, 9.17) is 0 Å². The highest BCUT2D eigenvalue weighted by molar-refractivity contribution is 5.95. The number of benzene rings is 1. The molecule has 6 heteroatoms.